The van der Waals surface area contributed by atoms with E-state index in [1.54, 1.807) is 0 Å². The molecule has 1 saturated carbocycles. The van der Waals surface area contributed by atoms with Gasteiger partial charge in [0.25, 0.3) is 0 Å². The van der Waals surface area contributed by atoms with Crippen LogP contribution in [0.1, 0.15) is 135 Å². The fourth-order valence-corrected chi connectivity index (χ4v) is 4.56. The van der Waals surface area contributed by atoms with Gasteiger partial charge in [0.05, 0.1) is 13.7 Å². The van der Waals surface area contributed by atoms with Crippen LogP contribution in [0.5, 0.6) is 0 Å². The standard InChI is InChI=1S/C26H49NO4/c1-3-4-5-6-7-8-9-10-11-12-13-14-15-16-17-20-23-31-24(28)26(21-18-19-22-26)27-25(29)30-2/h3-23H2,1-2H3,(H,27,29). The van der Waals surface area contributed by atoms with Gasteiger partial charge in [0.15, 0.2) is 0 Å². The fourth-order valence-electron chi connectivity index (χ4n) is 4.56. The average Bonchev–Trinajstić information content (AvgIpc) is 3.25. The number of hydrogen-bond acceptors (Lipinski definition) is 4. The first-order valence-corrected chi connectivity index (χ1v) is 13.2. The van der Waals surface area contributed by atoms with Crippen molar-refractivity contribution in [3.8, 4) is 0 Å². The summed E-state index contributed by atoms with van der Waals surface area (Å²) in [6.45, 7) is 2.72. The zero-order valence-electron chi connectivity index (χ0n) is 20.5. The molecule has 0 unspecified atom stereocenters. The maximum absolute atomic E-state index is 12.5. The number of carbonyl (C=O) groups excluding carboxylic acids is 2. The predicted octanol–water partition coefficient (Wildman–Crippen LogP) is 7.46. The lowest BCUT2D eigenvalue weighted by atomic mass is 9.98. The molecule has 0 bridgehead atoms. The summed E-state index contributed by atoms with van der Waals surface area (Å²) >= 11 is 0. The molecular weight excluding hydrogens is 390 g/mol. The first kappa shape index (κ1) is 27.8. The Bertz CT molecular complexity index is 460. The maximum Gasteiger partial charge on any atom is 0.407 e. The lowest BCUT2D eigenvalue weighted by molar-refractivity contribution is -0.151. The molecule has 0 atom stereocenters. The van der Waals surface area contributed by atoms with E-state index >= 15 is 0 Å². The molecule has 5 heteroatoms. The molecule has 0 heterocycles. The number of methoxy groups -OCH3 is 1. The Morgan fingerprint density at radius 3 is 1.55 bits per heavy atom. The molecule has 0 spiro atoms. The molecule has 0 radical (unpaired) electrons. The van der Waals surface area contributed by atoms with Gasteiger partial charge in [0, 0.05) is 0 Å². The van der Waals surface area contributed by atoms with Crippen LogP contribution in [0.3, 0.4) is 0 Å². The summed E-state index contributed by atoms with van der Waals surface area (Å²) in [6, 6.07) is 0. The number of alkyl carbamates (subject to hydrolysis) is 1. The van der Waals surface area contributed by atoms with Crippen molar-refractivity contribution in [2.75, 3.05) is 13.7 Å². The molecule has 1 fully saturated rings. The molecule has 1 amide bonds. The quantitative estimate of drug-likeness (QED) is 0.167. The monoisotopic (exact) mass is 439 g/mol. The number of amides is 1. The second-order valence-corrected chi connectivity index (χ2v) is 9.35. The molecule has 0 saturated heterocycles. The van der Waals surface area contributed by atoms with Gasteiger partial charge in [-0.3, -0.25) is 0 Å². The van der Waals surface area contributed by atoms with Crippen LogP contribution >= 0.6 is 0 Å². The highest BCUT2D eigenvalue weighted by Gasteiger charge is 2.44. The second kappa shape index (κ2) is 18.3. The first-order valence-electron chi connectivity index (χ1n) is 13.2. The minimum atomic E-state index is -0.873. The third-order valence-corrected chi connectivity index (χ3v) is 6.61. The first-order chi connectivity index (χ1) is 15.1. The summed E-state index contributed by atoms with van der Waals surface area (Å²) in [5.74, 6) is -0.295. The van der Waals surface area contributed by atoms with Crippen LogP contribution in [-0.4, -0.2) is 31.3 Å². The van der Waals surface area contributed by atoms with Gasteiger partial charge in [-0.1, -0.05) is 116 Å². The Kier molecular flexibility index (Phi) is 16.4. The van der Waals surface area contributed by atoms with Crippen molar-refractivity contribution in [3.63, 3.8) is 0 Å². The Morgan fingerprint density at radius 2 is 1.13 bits per heavy atom. The molecule has 0 aromatic carbocycles. The van der Waals surface area contributed by atoms with Crippen LogP contribution in [0.4, 0.5) is 4.79 Å². The molecule has 182 valence electrons. The van der Waals surface area contributed by atoms with E-state index in [-0.39, 0.29) is 5.97 Å². The molecule has 0 aliphatic heterocycles. The topological polar surface area (TPSA) is 64.6 Å². The smallest absolute Gasteiger partial charge is 0.407 e. The molecule has 0 aromatic rings. The number of unbranched alkanes of at least 4 members (excludes halogenated alkanes) is 15. The minimum Gasteiger partial charge on any atom is -0.464 e. The van der Waals surface area contributed by atoms with Gasteiger partial charge in [-0.15, -0.1) is 0 Å². The van der Waals surface area contributed by atoms with Gasteiger partial charge in [0.1, 0.15) is 5.54 Å². The van der Waals surface area contributed by atoms with Gasteiger partial charge in [0.2, 0.25) is 0 Å². The normalized spacial score (nSPS) is 15.0. The van der Waals surface area contributed by atoms with Crippen molar-refractivity contribution in [2.45, 2.75) is 141 Å². The molecule has 1 aliphatic rings. The fraction of sp³-hybridized carbons (Fsp3) is 0.923. The highest BCUT2D eigenvalue weighted by molar-refractivity contribution is 5.86. The van der Waals surface area contributed by atoms with Gasteiger partial charge >= 0.3 is 12.1 Å². The van der Waals surface area contributed by atoms with Crippen molar-refractivity contribution in [1.29, 1.82) is 0 Å². The van der Waals surface area contributed by atoms with E-state index in [0.29, 0.717) is 19.4 Å². The number of hydrogen-bond donors (Lipinski definition) is 1. The Balaban J connectivity index is 1.90. The molecule has 1 rings (SSSR count). The summed E-state index contributed by atoms with van der Waals surface area (Å²) in [5.41, 5.74) is -0.873. The van der Waals surface area contributed by atoms with E-state index < -0.39 is 11.6 Å². The van der Waals surface area contributed by atoms with Crippen molar-refractivity contribution in [2.24, 2.45) is 0 Å². The van der Waals surface area contributed by atoms with Crippen LogP contribution in [0.25, 0.3) is 0 Å². The van der Waals surface area contributed by atoms with Crippen LogP contribution < -0.4 is 5.32 Å². The Hall–Kier alpha value is -1.26. The average molecular weight is 440 g/mol. The summed E-state index contributed by atoms with van der Waals surface area (Å²) in [7, 11) is 1.32. The van der Waals surface area contributed by atoms with Gasteiger partial charge < -0.3 is 14.8 Å². The van der Waals surface area contributed by atoms with Crippen LogP contribution in [0.2, 0.25) is 0 Å². The zero-order valence-corrected chi connectivity index (χ0v) is 20.5. The molecular formula is C26H49NO4. The summed E-state index contributed by atoms with van der Waals surface area (Å²) in [4.78, 5) is 24.1. The van der Waals surface area contributed by atoms with E-state index in [0.717, 1.165) is 25.7 Å². The number of esters is 1. The van der Waals surface area contributed by atoms with Crippen molar-refractivity contribution >= 4 is 12.1 Å². The highest BCUT2D eigenvalue weighted by atomic mass is 16.5. The molecule has 1 N–H and O–H groups in total. The third-order valence-electron chi connectivity index (χ3n) is 6.61. The van der Waals surface area contributed by atoms with Gasteiger partial charge in [-0.05, 0) is 19.3 Å². The molecule has 31 heavy (non-hydrogen) atoms. The lowest BCUT2D eigenvalue weighted by Crippen LogP contribution is -2.53. The van der Waals surface area contributed by atoms with Crippen molar-refractivity contribution in [3.05, 3.63) is 0 Å². The lowest BCUT2D eigenvalue weighted by Gasteiger charge is -2.27. The molecule has 0 aromatic heterocycles. The highest BCUT2D eigenvalue weighted by Crippen LogP contribution is 2.31. The van der Waals surface area contributed by atoms with Crippen LogP contribution in [-0.2, 0) is 14.3 Å². The summed E-state index contributed by atoms with van der Waals surface area (Å²) < 4.78 is 10.2. The number of nitrogens with one attached hydrogen (secondary N) is 1. The third kappa shape index (κ3) is 13.0. The predicted molar refractivity (Wildman–Crippen MR) is 127 cm³/mol. The van der Waals surface area contributed by atoms with E-state index in [4.69, 9.17) is 4.74 Å². The Morgan fingerprint density at radius 1 is 0.710 bits per heavy atom. The van der Waals surface area contributed by atoms with Crippen LogP contribution in [0.15, 0.2) is 0 Å². The number of rotatable bonds is 19. The van der Waals surface area contributed by atoms with E-state index in [2.05, 4.69) is 17.0 Å². The van der Waals surface area contributed by atoms with Crippen LogP contribution in [0, 0.1) is 0 Å². The van der Waals surface area contributed by atoms with Crippen molar-refractivity contribution < 1.29 is 19.1 Å². The second-order valence-electron chi connectivity index (χ2n) is 9.35. The summed E-state index contributed by atoms with van der Waals surface area (Å²) in [6.07, 6.45) is 23.8. The molecule has 1 aliphatic carbocycles. The molecule has 5 nitrogen and oxygen atoms in total. The minimum absolute atomic E-state index is 0.295. The van der Waals surface area contributed by atoms with E-state index in [1.165, 1.54) is 97.0 Å². The largest absolute Gasteiger partial charge is 0.464 e. The maximum atomic E-state index is 12.5. The Labute approximate surface area is 191 Å². The summed E-state index contributed by atoms with van der Waals surface area (Å²) in [5, 5.41) is 2.71. The zero-order chi connectivity index (χ0) is 22.6. The number of ether oxygens (including phenoxy) is 2. The van der Waals surface area contributed by atoms with Gasteiger partial charge in [-0.2, -0.15) is 0 Å². The van der Waals surface area contributed by atoms with Gasteiger partial charge in [-0.25, -0.2) is 9.59 Å². The van der Waals surface area contributed by atoms with E-state index in [1.807, 2.05) is 0 Å². The van der Waals surface area contributed by atoms with Crippen molar-refractivity contribution in [1.82, 2.24) is 5.32 Å². The number of carbonyl (C=O) groups is 2. The van der Waals surface area contributed by atoms with E-state index in [9.17, 15) is 9.59 Å². The SMILES string of the molecule is CCCCCCCCCCCCCCCCCCOC(=O)C1(NC(=O)OC)CCCC1.